The first kappa shape index (κ1) is 17.1. The van der Waals surface area contributed by atoms with E-state index in [1.807, 2.05) is 13.0 Å². The van der Waals surface area contributed by atoms with Crippen LogP contribution in [0.25, 0.3) is 10.9 Å². The first-order valence-corrected chi connectivity index (χ1v) is 7.61. The maximum atomic E-state index is 12.8. The molecule has 0 bridgehead atoms. The lowest BCUT2D eigenvalue weighted by Gasteiger charge is -2.13. The first-order chi connectivity index (χ1) is 11.9. The molecule has 0 spiro atoms. The van der Waals surface area contributed by atoms with Gasteiger partial charge in [0, 0.05) is 17.1 Å². The van der Waals surface area contributed by atoms with E-state index in [1.165, 1.54) is 6.07 Å². The third-order valence-corrected chi connectivity index (χ3v) is 3.75. The van der Waals surface area contributed by atoms with Crippen molar-refractivity contribution in [2.24, 2.45) is 0 Å². The van der Waals surface area contributed by atoms with Crippen LogP contribution in [-0.2, 0) is 12.8 Å². The van der Waals surface area contributed by atoms with Gasteiger partial charge in [-0.15, -0.1) is 0 Å². The third kappa shape index (κ3) is 3.84. The molecule has 130 valence electrons. The summed E-state index contributed by atoms with van der Waals surface area (Å²) in [7, 11) is 1.56. The average Bonchev–Trinajstić information content (AvgIpc) is 2.58. The maximum absolute atomic E-state index is 12.8. The van der Waals surface area contributed by atoms with Gasteiger partial charge >= 0.3 is 6.18 Å². The van der Waals surface area contributed by atoms with Crippen molar-refractivity contribution in [1.82, 2.24) is 4.98 Å². The van der Waals surface area contributed by atoms with Crippen LogP contribution in [0.4, 0.5) is 13.2 Å². The van der Waals surface area contributed by atoms with E-state index in [0.717, 1.165) is 28.7 Å². The lowest BCUT2D eigenvalue weighted by molar-refractivity contribution is -0.137. The van der Waals surface area contributed by atoms with Gasteiger partial charge in [-0.05, 0) is 42.8 Å². The van der Waals surface area contributed by atoms with E-state index in [4.69, 9.17) is 9.47 Å². The van der Waals surface area contributed by atoms with Crippen molar-refractivity contribution in [1.29, 1.82) is 0 Å². The van der Waals surface area contributed by atoms with Crippen LogP contribution in [0.3, 0.4) is 0 Å². The molecular formula is C19H16F3NO2. The van der Waals surface area contributed by atoms with Gasteiger partial charge in [0.25, 0.3) is 0 Å². The minimum atomic E-state index is -4.37. The highest BCUT2D eigenvalue weighted by molar-refractivity contribution is 5.86. The predicted octanol–water partition coefficient (Wildman–Crippen LogP) is 5.15. The number of aryl methyl sites for hydroxylation is 1. The fourth-order valence-corrected chi connectivity index (χ4v) is 2.54. The van der Waals surface area contributed by atoms with E-state index in [-0.39, 0.29) is 6.61 Å². The largest absolute Gasteiger partial charge is 0.497 e. The molecule has 25 heavy (non-hydrogen) atoms. The van der Waals surface area contributed by atoms with Crippen molar-refractivity contribution in [3.8, 4) is 11.5 Å². The summed E-state index contributed by atoms with van der Waals surface area (Å²) in [6.45, 7) is 1.86. The minimum Gasteiger partial charge on any atom is -0.497 e. The number of rotatable bonds is 4. The Labute approximate surface area is 143 Å². The second kappa shape index (κ2) is 6.63. The number of halogens is 3. The maximum Gasteiger partial charge on any atom is 0.416 e. The van der Waals surface area contributed by atoms with Gasteiger partial charge in [-0.25, -0.2) is 0 Å². The number of pyridine rings is 1. The van der Waals surface area contributed by atoms with Gasteiger partial charge in [0.2, 0.25) is 0 Å². The molecule has 0 saturated carbocycles. The molecule has 3 rings (SSSR count). The lowest BCUT2D eigenvalue weighted by atomic mass is 10.1. The Balaban J connectivity index is 1.90. The van der Waals surface area contributed by atoms with Crippen LogP contribution < -0.4 is 9.47 Å². The van der Waals surface area contributed by atoms with Crippen LogP contribution >= 0.6 is 0 Å². The number of hydrogen-bond donors (Lipinski definition) is 0. The fourth-order valence-electron chi connectivity index (χ4n) is 2.54. The number of aromatic nitrogens is 1. The zero-order valence-electron chi connectivity index (χ0n) is 13.7. The van der Waals surface area contributed by atoms with Crippen molar-refractivity contribution in [2.75, 3.05) is 7.11 Å². The molecule has 0 N–H and O–H groups in total. The molecule has 0 aliphatic carbocycles. The topological polar surface area (TPSA) is 31.4 Å². The molecule has 0 atom stereocenters. The number of benzene rings is 2. The highest BCUT2D eigenvalue weighted by Crippen LogP contribution is 2.31. The van der Waals surface area contributed by atoms with E-state index >= 15 is 0 Å². The molecule has 0 radical (unpaired) electrons. The van der Waals surface area contributed by atoms with Crippen molar-refractivity contribution >= 4 is 10.9 Å². The second-order valence-electron chi connectivity index (χ2n) is 5.63. The van der Waals surface area contributed by atoms with Crippen LogP contribution in [-0.4, -0.2) is 12.1 Å². The lowest BCUT2D eigenvalue weighted by Crippen LogP contribution is -2.06. The predicted molar refractivity (Wildman–Crippen MR) is 88.8 cm³/mol. The summed E-state index contributed by atoms with van der Waals surface area (Å²) in [5.41, 5.74) is 1.25. The Morgan fingerprint density at radius 2 is 1.84 bits per heavy atom. The Kier molecular flexibility index (Phi) is 4.53. The second-order valence-corrected chi connectivity index (χ2v) is 5.63. The molecule has 0 saturated heterocycles. The van der Waals surface area contributed by atoms with Crippen LogP contribution in [0.5, 0.6) is 11.5 Å². The zero-order valence-corrected chi connectivity index (χ0v) is 13.7. The van der Waals surface area contributed by atoms with E-state index < -0.39 is 11.7 Å². The van der Waals surface area contributed by atoms with Crippen LogP contribution in [0.1, 0.15) is 16.8 Å². The van der Waals surface area contributed by atoms with E-state index in [0.29, 0.717) is 17.1 Å². The number of methoxy groups -OCH3 is 1. The zero-order chi connectivity index (χ0) is 18.0. The summed E-state index contributed by atoms with van der Waals surface area (Å²) >= 11 is 0. The van der Waals surface area contributed by atoms with Crippen molar-refractivity contribution in [3.05, 3.63) is 65.4 Å². The van der Waals surface area contributed by atoms with Gasteiger partial charge in [0.05, 0.1) is 18.2 Å². The molecule has 0 aliphatic rings. The van der Waals surface area contributed by atoms with Gasteiger partial charge in [0.1, 0.15) is 18.1 Å². The molecule has 2 aromatic carbocycles. The Morgan fingerprint density at radius 1 is 1.04 bits per heavy atom. The van der Waals surface area contributed by atoms with Gasteiger partial charge in [0.15, 0.2) is 0 Å². The van der Waals surface area contributed by atoms with Crippen molar-refractivity contribution in [2.45, 2.75) is 19.7 Å². The summed E-state index contributed by atoms with van der Waals surface area (Å²) in [6.07, 6.45) is -4.37. The number of ether oxygens (including phenoxy) is 2. The monoisotopic (exact) mass is 347 g/mol. The smallest absolute Gasteiger partial charge is 0.416 e. The van der Waals surface area contributed by atoms with Crippen LogP contribution in [0.15, 0.2) is 48.5 Å². The molecule has 3 nitrogen and oxygen atoms in total. The number of nitrogens with zero attached hydrogens (tertiary/aromatic N) is 1. The highest BCUT2D eigenvalue weighted by Gasteiger charge is 2.30. The molecule has 3 aromatic rings. The third-order valence-electron chi connectivity index (χ3n) is 3.75. The fraction of sp³-hybridized carbons (Fsp3) is 0.211. The molecule has 6 heteroatoms. The quantitative estimate of drug-likeness (QED) is 0.654. The normalized spacial score (nSPS) is 11.6. The Bertz CT molecular complexity index is 907. The van der Waals surface area contributed by atoms with Crippen LogP contribution in [0.2, 0.25) is 0 Å². The van der Waals surface area contributed by atoms with Crippen molar-refractivity contribution in [3.63, 3.8) is 0 Å². The van der Waals surface area contributed by atoms with E-state index in [2.05, 4.69) is 4.98 Å². The molecule has 0 fully saturated rings. The van der Waals surface area contributed by atoms with Gasteiger partial charge in [-0.1, -0.05) is 12.1 Å². The highest BCUT2D eigenvalue weighted by atomic mass is 19.4. The molecule has 0 aliphatic heterocycles. The standard InChI is InChI=1S/C19H16F3NO2/c1-12-8-18(16-10-15(24-2)6-7-17(16)23-12)25-11-13-4-3-5-14(9-13)19(20,21)22/h3-10H,11H2,1-2H3. The minimum absolute atomic E-state index is 0.0275. The van der Waals surface area contributed by atoms with Gasteiger partial charge in [-0.3, -0.25) is 4.98 Å². The number of alkyl halides is 3. The molecule has 1 aromatic heterocycles. The van der Waals surface area contributed by atoms with Gasteiger partial charge < -0.3 is 9.47 Å². The summed E-state index contributed by atoms with van der Waals surface area (Å²) in [5, 5.41) is 0.747. The van der Waals surface area contributed by atoms with Crippen LogP contribution in [0, 0.1) is 6.92 Å². The van der Waals surface area contributed by atoms with E-state index in [1.54, 1.807) is 31.4 Å². The van der Waals surface area contributed by atoms with E-state index in [9.17, 15) is 13.2 Å². The average molecular weight is 347 g/mol. The summed E-state index contributed by atoms with van der Waals surface area (Å²) in [4.78, 5) is 4.43. The van der Waals surface area contributed by atoms with Crippen molar-refractivity contribution < 1.29 is 22.6 Å². The molecule has 1 heterocycles. The SMILES string of the molecule is COc1ccc2nc(C)cc(OCc3cccc(C(F)(F)F)c3)c2c1. The Morgan fingerprint density at radius 3 is 2.56 bits per heavy atom. The number of hydrogen-bond acceptors (Lipinski definition) is 3. The molecule has 0 unspecified atom stereocenters. The first-order valence-electron chi connectivity index (χ1n) is 7.61. The summed E-state index contributed by atoms with van der Waals surface area (Å²) in [6, 6.07) is 12.3. The summed E-state index contributed by atoms with van der Waals surface area (Å²) < 4.78 is 49.4. The molecule has 0 amide bonds. The Hall–Kier alpha value is -2.76. The molecular weight excluding hydrogens is 331 g/mol. The summed E-state index contributed by atoms with van der Waals surface area (Å²) in [5.74, 6) is 1.21. The number of fused-ring (bicyclic) bond motifs is 1. The van der Waals surface area contributed by atoms with Gasteiger partial charge in [-0.2, -0.15) is 13.2 Å².